The first-order valence-electron chi connectivity index (χ1n) is 6.70. The molecule has 0 saturated heterocycles. The van der Waals surface area contributed by atoms with Crippen molar-refractivity contribution in [3.8, 4) is 0 Å². The van der Waals surface area contributed by atoms with E-state index in [-0.39, 0.29) is 5.91 Å². The van der Waals surface area contributed by atoms with Gasteiger partial charge in [-0.05, 0) is 47.5 Å². The second-order valence-corrected chi connectivity index (χ2v) is 5.41. The van der Waals surface area contributed by atoms with Crippen molar-refractivity contribution in [3.05, 3.63) is 76.8 Å². The number of rotatable bonds is 2. The molecule has 3 rings (SSSR count). The molecule has 0 spiro atoms. The molecule has 1 N–H and O–H groups in total. The maximum absolute atomic E-state index is 12.4. The molecule has 104 valence electrons. The van der Waals surface area contributed by atoms with E-state index in [1.165, 1.54) is 0 Å². The van der Waals surface area contributed by atoms with Crippen LogP contribution in [0.25, 0.3) is 10.8 Å². The summed E-state index contributed by atoms with van der Waals surface area (Å²) in [6.07, 6.45) is 0. The summed E-state index contributed by atoms with van der Waals surface area (Å²) in [4.78, 5) is 12.4. The number of carbonyl (C=O) groups is 1. The van der Waals surface area contributed by atoms with Gasteiger partial charge in [0.15, 0.2) is 0 Å². The standard InChI is InChI=1S/C18H14ClNO/c1-12-6-9-16(19)11-17(12)20-18(21)15-8-7-13-4-2-3-5-14(13)10-15/h2-11H,1H3,(H,20,21). The van der Waals surface area contributed by atoms with E-state index in [2.05, 4.69) is 5.32 Å². The summed E-state index contributed by atoms with van der Waals surface area (Å²) in [5.41, 5.74) is 2.35. The van der Waals surface area contributed by atoms with Gasteiger partial charge in [0, 0.05) is 16.3 Å². The van der Waals surface area contributed by atoms with Crippen LogP contribution < -0.4 is 5.32 Å². The smallest absolute Gasteiger partial charge is 0.255 e. The van der Waals surface area contributed by atoms with Crippen LogP contribution >= 0.6 is 11.6 Å². The highest BCUT2D eigenvalue weighted by molar-refractivity contribution is 6.31. The van der Waals surface area contributed by atoms with Crippen molar-refractivity contribution in [1.82, 2.24) is 0 Å². The summed E-state index contributed by atoms with van der Waals surface area (Å²) in [5.74, 6) is -0.133. The summed E-state index contributed by atoms with van der Waals surface area (Å²) in [5, 5.41) is 5.68. The van der Waals surface area contributed by atoms with Crippen LogP contribution in [0.5, 0.6) is 0 Å². The van der Waals surface area contributed by atoms with E-state index in [1.807, 2.05) is 61.5 Å². The molecular weight excluding hydrogens is 282 g/mol. The van der Waals surface area contributed by atoms with Crippen LogP contribution in [0.4, 0.5) is 5.69 Å². The topological polar surface area (TPSA) is 29.1 Å². The van der Waals surface area contributed by atoms with Crippen LogP contribution in [0.2, 0.25) is 5.02 Å². The molecule has 0 aliphatic carbocycles. The lowest BCUT2D eigenvalue weighted by Gasteiger charge is -2.09. The Morgan fingerprint density at radius 1 is 0.952 bits per heavy atom. The lowest BCUT2D eigenvalue weighted by Crippen LogP contribution is -2.12. The highest BCUT2D eigenvalue weighted by atomic mass is 35.5. The van der Waals surface area contributed by atoms with E-state index in [1.54, 1.807) is 6.07 Å². The summed E-state index contributed by atoms with van der Waals surface area (Å²) in [6, 6.07) is 19.1. The molecule has 0 bridgehead atoms. The van der Waals surface area contributed by atoms with Gasteiger partial charge in [-0.2, -0.15) is 0 Å². The highest BCUT2D eigenvalue weighted by Crippen LogP contribution is 2.22. The fourth-order valence-corrected chi connectivity index (χ4v) is 2.43. The molecule has 0 aliphatic heterocycles. The molecule has 3 aromatic carbocycles. The molecule has 0 unspecified atom stereocenters. The molecule has 3 aromatic rings. The Morgan fingerprint density at radius 3 is 2.52 bits per heavy atom. The minimum Gasteiger partial charge on any atom is -0.322 e. The molecule has 0 fully saturated rings. The zero-order valence-electron chi connectivity index (χ0n) is 11.6. The number of hydrogen-bond donors (Lipinski definition) is 1. The van der Waals surface area contributed by atoms with Crippen molar-refractivity contribution >= 4 is 34.0 Å². The molecule has 21 heavy (non-hydrogen) atoms. The average Bonchev–Trinajstić information content (AvgIpc) is 2.50. The second kappa shape index (κ2) is 5.58. The number of benzene rings is 3. The van der Waals surface area contributed by atoms with Gasteiger partial charge in [-0.1, -0.05) is 48.0 Å². The van der Waals surface area contributed by atoms with Gasteiger partial charge in [-0.25, -0.2) is 0 Å². The maximum Gasteiger partial charge on any atom is 0.255 e. The monoisotopic (exact) mass is 295 g/mol. The van der Waals surface area contributed by atoms with Crippen LogP contribution in [0.15, 0.2) is 60.7 Å². The van der Waals surface area contributed by atoms with Crippen molar-refractivity contribution in [1.29, 1.82) is 0 Å². The van der Waals surface area contributed by atoms with Crippen LogP contribution in [0, 0.1) is 6.92 Å². The Bertz CT molecular complexity index is 826. The third-order valence-corrected chi connectivity index (χ3v) is 3.69. The van der Waals surface area contributed by atoms with Gasteiger partial charge in [-0.3, -0.25) is 4.79 Å². The number of fused-ring (bicyclic) bond motifs is 1. The largest absolute Gasteiger partial charge is 0.322 e. The average molecular weight is 296 g/mol. The molecule has 3 heteroatoms. The predicted octanol–water partition coefficient (Wildman–Crippen LogP) is 5.05. The van der Waals surface area contributed by atoms with Crippen LogP contribution in [-0.2, 0) is 0 Å². The molecule has 0 aliphatic rings. The van der Waals surface area contributed by atoms with Crippen LogP contribution in [-0.4, -0.2) is 5.91 Å². The van der Waals surface area contributed by atoms with Gasteiger partial charge < -0.3 is 5.32 Å². The lowest BCUT2D eigenvalue weighted by molar-refractivity contribution is 0.102. The molecule has 2 nitrogen and oxygen atoms in total. The van der Waals surface area contributed by atoms with Crippen LogP contribution in [0.3, 0.4) is 0 Å². The van der Waals surface area contributed by atoms with E-state index in [0.29, 0.717) is 10.6 Å². The van der Waals surface area contributed by atoms with E-state index >= 15 is 0 Å². The normalized spacial score (nSPS) is 10.6. The minimum atomic E-state index is -0.133. The number of amides is 1. The second-order valence-electron chi connectivity index (χ2n) is 4.98. The zero-order chi connectivity index (χ0) is 14.8. The molecule has 0 atom stereocenters. The van der Waals surface area contributed by atoms with Gasteiger partial charge in [0.05, 0.1) is 0 Å². The number of hydrogen-bond acceptors (Lipinski definition) is 1. The van der Waals surface area contributed by atoms with Gasteiger partial charge in [0.2, 0.25) is 0 Å². The first-order chi connectivity index (χ1) is 10.1. The Labute approximate surface area is 128 Å². The van der Waals surface area contributed by atoms with Crippen molar-refractivity contribution < 1.29 is 4.79 Å². The quantitative estimate of drug-likeness (QED) is 0.704. The first kappa shape index (κ1) is 13.7. The number of nitrogens with one attached hydrogen (secondary N) is 1. The van der Waals surface area contributed by atoms with Crippen molar-refractivity contribution in [2.75, 3.05) is 5.32 Å². The van der Waals surface area contributed by atoms with Crippen molar-refractivity contribution in [2.45, 2.75) is 6.92 Å². The van der Waals surface area contributed by atoms with Gasteiger partial charge in [0.1, 0.15) is 0 Å². The van der Waals surface area contributed by atoms with E-state index in [0.717, 1.165) is 22.0 Å². The summed E-state index contributed by atoms with van der Waals surface area (Å²) < 4.78 is 0. The molecular formula is C18H14ClNO. The van der Waals surface area contributed by atoms with Crippen LogP contribution in [0.1, 0.15) is 15.9 Å². The Hall–Kier alpha value is -2.32. The fraction of sp³-hybridized carbons (Fsp3) is 0.0556. The third-order valence-electron chi connectivity index (χ3n) is 3.46. The fourth-order valence-electron chi connectivity index (χ4n) is 2.25. The predicted molar refractivity (Wildman–Crippen MR) is 88.1 cm³/mol. The van der Waals surface area contributed by atoms with E-state index in [9.17, 15) is 4.79 Å². The summed E-state index contributed by atoms with van der Waals surface area (Å²) in [6.45, 7) is 1.94. The molecule has 0 radical (unpaired) electrons. The van der Waals surface area contributed by atoms with Gasteiger partial charge >= 0.3 is 0 Å². The van der Waals surface area contributed by atoms with Gasteiger partial charge in [0.25, 0.3) is 5.91 Å². The first-order valence-corrected chi connectivity index (χ1v) is 7.07. The zero-order valence-corrected chi connectivity index (χ0v) is 12.3. The molecule has 0 aromatic heterocycles. The Morgan fingerprint density at radius 2 is 1.71 bits per heavy atom. The maximum atomic E-state index is 12.4. The lowest BCUT2D eigenvalue weighted by atomic mass is 10.1. The number of carbonyl (C=O) groups excluding carboxylic acids is 1. The molecule has 1 amide bonds. The minimum absolute atomic E-state index is 0.133. The molecule has 0 saturated carbocycles. The number of halogens is 1. The van der Waals surface area contributed by atoms with Crippen molar-refractivity contribution in [2.24, 2.45) is 0 Å². The molecule has 0 heterocycles. The summed E-state index contributed by atoms with van der Waals surface area (Å²) in [7, 11) is 0. The third kappa shape index (κ3) is 2.91. The highest BCUT2D eigenvalue weighted by Gasteiger charge is 2.08. The van der Waals surface area contributed by atoms with E-state index in [4.69, 9.17) is 11.6 Å². The SMILES string of the molecule is Cc1ccc(Cl)cc1NC(=O)c1ccc2ccccc2c1. The Kier molecular flexibility index (Phi) is 3.63. The Balaban J connectivity index is 1.91. The number of anilines is 1. The number of aryl methyl sites for hydroxylation is 1. The van der Waals surface area contributed by atoms with E-state index < -0.39 is 0 Å². The summed E-state index contributed by atoms with van der Waals surface area (Å²) >= 11 is 5.97. The van der Waals surface area contributed by atoms with Gasteiger partial charge in [-0.15, -0.1) is 0 Å². The van der Waals surface area contributed by atoms with Crippen molar-refractivity contribution in [3.63, 3.8) is 0 Å².